The molecule has 0 bridgehead atoms. The first-order valence-corrected chi connectivity index (χ1v) is 7.90. The third-order valence-corrected chi connectivity index (χ3v) is 5.28. The highest BCUT2D eigenvalue weighted by Crippen LogP contribution is 2.46. The Morgan fingerprint density at radius 3 is 2.50 bits per heavy atom. The maximum Gasteiger partial charge on any atom is 0.417 e. The van der Waals surface area contributed by atoms with Gasteiger partial charge in [0.25, 0.3) is 5.91 Å². The Balaban J connectivity index is 2.10. The normalized spacial score (nSPS) is 16.9. The van der Waals surface area contributed by atoms with Gasteiger partial charge in [0.05, 0.1) is 5.56 Å². The smallest absolute Gasteiger partial charge is 0.351 e. The molecule has 0 saturated heterocycles. The molecule has 110 valence electrons. The van der Waals surface area contributed by atoms with Crippen LogP contribution in [0.3, 0.4) is 0 Å². The van der Waals surface area contributed by atoms with Crippen LogP contribution in [0.4, 0.5) is 13.2 Å². The minimum atomic E-state index is -4.48. The fourth-order valence-electron chi connectivity index (χ4n) is 1.79. The van der Waals surface area contributed by atoms with Crippen molar-refractivity contribution in [2.45, 2.75) is 19.0 Å². The standard InChI is InChI=1S/C13H12Br2F3NO/c14-6-12(3-4-12)7-19-11(20)8-1-2-10(15)9(5-8)13(16,17)18/h1-2,5H,3-4,6-7H2,(H,19,20). The zero-order valence-electron chi connectivity index (χ0n) is 10.4. The molecule has 1 saturated carbocycles. The largest absolute Gasteiger partial charge is 0.417 e. The molecule has 0 heterocycles. The zero-order chi connectivity index (χ0) is 15.0. The Kier molecular flexibility index (Phi) is 4.49. The lowest BCUT2D eigenvalue weighted by Gasteiger charge is -2.14. The summed E-state index contributed by atoms with van der Waals surface area (Å²) in [5.74, 6) is -0.477. The van der Waals surface area contributed by atoms with Gasteiger partial charge in [-0.15, -0.1) is 0 Å². The van der Waals surface area contributed by atoms with Crippen molar-refractivity contribution >= 4 is 37.8 Å². The molecule has 2 nitrogen and oxygen atoms in total. The Bertz CT molecular complexity index is 527. The third kappa shape index (κ3) is 3.55. The van der Waals surface area contributed by atoms with Gasteiger partial charge in [-0.3, -0.25) is 4.79 Å². The maximum absolute atomic E-state index is 12.8. The summed E-state index contributed by atoms with van der Waals surface area (Å²) in [6.07, 6.45) is -2.44. The molecule has 1 aromatic rings. The lowest BCUT2D eigenvalue weighted by atomic mass is 10.1. The summed E-state index contributed by atoms with van der Waals surface area (Å²) in [7, 11) is 0. The second-order valence-electron chi connectivity index (χ2n) is 5.01. The number of amides is 1. The molecule has 1 N–H and O–H groups in total. The predicted octanol–water partition coefficient (Wildman–Crippen LogP) is 4.37. The highest BCUT2D eigenvalue weighted by Gasteiger charge is 2.41. The van der Waals surface area contributed by atoms with Crippen LogP contribution in [0.2, 0.25) is 0 Å². The van der Waals surface area contributed by atoms with E-state index in [2.05, 4.69) is 37.2 Å². The van der Waals surface area contributed by atoms with Crippen LogP contribution in [0.25, 0.3) is 0 Å². The second kappa shape index (κ2) is 5.67. The van der Waals surface area contributed by atoms with Crippen molar-refractivity contribution in [2.24, 2.45) is 5.41 Å². The number of benzene rings is 1. The number of carbonyl (C=O) groups is 1. The van der Waals surface area contributed by atoms with Gasteiger partial charge in [-0.05, 0) is 36.5 Å². The van der Waals surface area contributed by atoms with Gasteiger partial charge in [-0.1, -0.05) is 31.9 Å². The third-order valence-electron chi connectivity index (χ3n) is 3.40. The number of hydrogen-bond acceptors (Lipinski definition) is 1. The molecule has 20 heavy (non-hydrogen) atoms. The summed E-state index contributed by atoms with van der Waals surface area (Å²) in [6.45, 7) is 0.481. The molecular weight excluding hydrogens is 403 g/mol. The zero-order valence-corrected chi connectivity index (χ0v) is 13.5. The van der Waals surface area contributed by atoms with Gasteiger partial charge in [-0.25, -0.2) is 0 Å². The molecule has 1 aliphatic rings. The van der Waals surface area contributed by atoms with Crippen LogP contribution in [0.15, 0.2) is 22.7 Å². The molecule has 0 radical (unpaired) electrons. The quantitative estimate of drug-likeness (QED) is 0.728. The van der Waals surface area contributed by atoms with Gasteiger partial charge >= 0.3 is 6.18 Å². The van der Waals surface area contributed by atoms with Gasteiger partial charge in [0.15, 0.2) is 0 Å². The highest BCUT2D eigenvalue weighted by molar-refractivity contribution is 9.10. The molecule has 1 aliphatic carbocycles. The van der Waals surface area contributed by atoms with E-state index < -0.39 is 17.6 Å². The monoisotopic (exact) mass is 413 g/mol. The number of hydrogen-bond donors (Lipinski definition) is 1. The molecule has 1 aromatic carbocycles. The van der Waals surface area contributed by atoms with Crippen LogP contribution in [0.5, 0.6) is 0 Å². The van der Waals surface area contributed by atoms with E-state index in [-0.39, 0.29) is 15.5 Å². The molecule has 1 fully saturated rings. The van der Waals surface area contributed by atoms with Gasteiger partial charge in [0, 0.05) is 21.9 Å². The summed E-state index contributed by atoms with van der Waals surface area (Å²) in [5, 5.41) is 3.49. The lowest BCUT2D eigenvalue weighted by molar-refractivity contribution is -0.138. The molecule has 1 amide bonds. The minimum Gasteiger partial charge on any atom is -0.351 e. The van der Waals surface area contributed by atoms with Crippen LogP contribution >= 0.6 is 31.9 Å². The minimum absolute atomic E-state index is 0.0193. The number of rotatable bonds is 4. The molecule has 2 rings (SSSR count). The summed E-state index contributed by atoms with van der Waals surface area (Å²) in [5.41, 5.74) is -0.740. The molecule has 7 heteroatoms. The van der Waals surface area contributed by atoms with Gasteiger partial charge in [0.2, 0.25) is 0 Å². The van der Waals surface area contributed by atoms with Crippen molar-refractivity contribution < 1.29 is 18.0 Å². The average Bonchev–Trinajstić information content (AvgIpc) is 3.16. The summed E-state index contributed by atoms with van der Waals surface area (Å²) >= 11 is 6.23. The van der Waals surface area contributed by atoms with Crippen molar-refractivity contribution in [3.8, 4) is 0 Å². The van der Waals surface area contributed by atoms with Crippen molar-refractivity contribution in [3.05, 3.63) is 33.8 Å². The molecule has 0 aromatic heterocycles. The van der Waals surface area contributed by atoms with Crippen molar-refractivity contribution in [1.82, 2.24) is 5.32 Å². The van der Waals surface area contributed by atoms with E-state index in [4.69, 9.17) is 0 Å². The van der Waals surface area contributed by atoms with Gasteiger partial charge in [-0.2, -0.15) is 13.2 Å². The van der Waals surface area contributed by atoms with Crippen molar-refractivity contribution in [1.29, 1.82) is 0 Å². The van der Waals surface area contributed by atoms with Crippen LogP contribution in [-0.2, 0) is 6.18 Å². The maximum atomic E-state index is 12.8. The Morgan fingerprint density at radius 2 is 2.00 bits per heavy atom. The SMILES string of the molecule is O=C(NCC1(CBr)CC1)c1ccc(Br)c(C(F)(F)F)c1. The average molecular weight is 415 g/mol. The molecule has 0 aliphatic heterocycles. The Hall–Kier alpha value is -0.560. The van der Waals surface area contributed by atoms with E-state index in [9.17, 15) is 18.0 Å². The number of nitrogens with one attached hydrogen (secondary N) is 1. The molecule has 0 atom stereocenters. The van der Waals surface area contributed by atoms with Crippen LogP contribution < -0.4 is 5.32 Å². The molecule has 0 unspecified atom stereocenters. The first kappa shape index (κ1) is 15.8. The first-order valence-electron chi connectivity index (χ1n) is 5.98. The van der Waals surface area contributed by atoms with E-state index in [1.165, 1.54) is 12.1 Å². The summed E-state index contributed by atoms with van der Waals surface area (Å²) in [6, 6.07) is 3.49. The topological polar surface area (TPSA) is 29.1 Å². The van der Waals surface area contributed by atoms with Crippen molar-refractivity contribution in [2.75, 3.05) is 11.9 Å². The number of carbonyl (C=O) groups excluding carboxylic acids is 1. The highest BCUT2D eigenvalue weighted by atomic mass is 79.9. The number of halogens is 5. The predicted molar refractivity (Wildman–Crippen MR) is 76.9 cm³/mol. The van der Waals surface area contributed by atoms with Crippen LogP contribution in [-0.4, -0.2) is 17.8 Å². The fraction of sp³-hybridized carbons (Fsp3) is 0.462. The molecular formula is C13H12Br2F3NO. The summed E-state index contributed by atoms with van der Waals surface area (Å²) < 4.78 is 38.2. The van der Waals surface area contributed by atoms with Crippen LogP contribution in [0, 0.1) is 5.41 Å². The van der Waals surface area contributed by atoms with Gasteiger partial charge in [0.1, 0.15) is 0 Å². The Labute approximate surface area is 131 Å². The first-order chi connectivity index (χ1) is 9.27. The van der Waals surface area contributed by atoms with Crippen molar-refractivity contribution in [3.63, 3.8) is 0 Å². The molecule has 0 spiro atoms. The van der Waals surface area contributed by atoms with E-state index in [1.54, 1.807) is 0 Å². The van der Waals surface area contributed by atoms with E-state index in [0.29, 0.717) is 6.54 Å². The van der Waals surface area contributed by atoms with E-state index in [0.717, 1.165) is 24.2 Å². The number of alkyl halides is 4. The summed E-state index contributed by atoms with van der Waals surface area (Å²) in [4.78, 5) is 11.9. The fourth-order valence-corrected chi connectivity index (χ4v) is 3.02. The second-order valence-corrected chi connectivity index (χ2v) is 6.42. The van der Waals surface area contributed by atoms with E-state index in [1.807, 2.05) is 0 Å². The van der Waals surface area contributed by atoms with Crippen LogP contribution in [0.1, 0.15) is 28.8 Å². The van der Waals surface area contributed by atoms with E-state index >= 15 is 0 Å². The van der Waals surface area contributed by atoms with Gasteiger partial charge < -0.3 is 5.32 Å². The lowest BCUT2D eigenvalue weighted by Crippen LogP contribution is -2.31. The Morgan fingerprint density at radius 1 is 1.35 bits per heavy atom.